The molecule has 2 N–H and O–H groups in total. The Kier molecular flexibility index (Phi) is 9.43. The fourth-order valence-corrected chi connectivity index (χ4v) is 6.00. The largest absolute Gasteiger partial charge is 0.612 e. The molecule has 3 heterocycles. The Morgan fingerprint density at radius 1 is 1.19 bits per heavy atom. The third-order valence-electron chi connectivity index (χ3n) is 7.48. The molecule has 43 heavy (non-hydrogen) atoms. The highest BCUT2D eigenvalue weighted by molar-refractivity contribution is 7.90. The number of nitrogens with one attached hydrogen (secondary N) is 1. The predicted octanol–water partition coefficient (Wildman–Crippen LogP) is 3.78. The van der Waals surface area contributed by atoms with Crippen LogP contribution in [0.5, 0.6) is 0 Å². The number of benzene rings is 2. The zero-order chi connectivity index (χ0) is 30.7. The van der Waals surface area contributed by atoms with Crippen molar-refractivity contribution in [2.24, 2.45) is 0 Å². The number of ether oxygens (including phenoxy) is 1. The van der Waals surface area contributed by atoms with Gasteiger partial charge in [0.1, 0.15) is 12.8 Å². The second-order valence-corrected chi connectivity index (χ2v) is 12.0. The summed E-state index contributed by atoms with van der Waals surface area (Å²) in [6.07, 6.45) is -1.88. The number of piperidine rings is 1. The van der Waals surface area contributed by atoms with E-state index in [4.69, 9.17) is 9.15 Å². The zero-order valence-electron chi connectivity index (χ0n) is 23.8. The van der Waals surface area contributed by atoms with Crippen LogP contribution in [0.2, 0.25) is 0 Å². The molecule has 5 rings (SSSR count). The Bertz CT molecular complexity index is 1690. The first-order valence-electron chi connectivity index (χ1n) is 13.8. The van der Waals surface area contributed by atoms with E-state index in [1.54, 1.807) is 37.4 Å². The first kappa shape index (κ1) is 31.0. The molecule has 1 aliphatic heterocycles. The first-order chi connectivity index (χ1) is 20.5. The van der Waals surface area contributed by atoms with Crippen LogP contribution in [0.1, 0.15) is 18.5 Å². The average molecular weight is 619 g/mol. The molecule has 230 valence electrons. The van der Waals surface area contributed by atoms with Crippen LogP contribution >= 0.6 is 0 Å². The van der Waals surface area contributed by atoms with Crippen molar-refractivity contribution in [2.75, 3.05) is 44.9 Å². The lowest BCUT2D eigenvalue weighted by atomic mass is 10.0. The van der Waals surface area contributed by atoms with Crippen LogP contribution in [0.15, 0.2) is 56.6 Å². The summed E-state index contributed by atoms with van der Waals surface area (Å²) in [5, 5.41) is 14.2. The summed E-state index contributed by atoms with van der Waals surface area (Å²) in [5.41, 5.74) is 2.01. The van der Waals surface area contributed by atoms with E-state index in [1.165, 1.54) is 16.9 Å². The van der Waals surface area contributed by atoms with Crippen LogP contribution in [-0.4, -0.2) is 81.6 Å². The highest BCUT2D eigenvalue weighted by Gasteiger charge is 2.30. The summed E-state index contributed by atoms with van der Waals surface area (Å²) in [6, 6.07) is 11.7. The maximum absolute atomic E-state index is 13.6. The van der Waals surface area contributed by atoms with Crippen LogP contribution in [-0.2, 0) is 29.0 Å². The SMILES string of the molecule is COCC(O)CN1CCC(Nc2cccc3c2cc(C#CCn2c(=O)oc4cc([S+](C)[O-])ccc42)n3CC(F)(F)F)CC1. The fourth-order valence-electron chi connectivity index (χ4n) is 5.47. The number of methoxy groups -OCH3 is 1. The van der Waals surface area contributed by atoms with Crippen molar-refractivity contribution in [2.45, 2.75) is 49.1 Å². The molecule has 1 fully saturated rings. The number of β-amino-alcohol motifs (C(OH)–C–C–N with tert-alkyl or cyclic N) is 1. The third kappa shape index (κ3) is 7.39. The van der Waals surface area contributed by atoms with Gasteiger partial charge in [0.25, 0.3) is 0 Å². The number of fused-ring (bicyclic) bond motifs is 2. The summed E-state index contributed by atoms with van der Waals surface area (Å²) >= 11 is -1.26. The number of oxazole rings is 1. The smallest absolute Gasteiger partial charge is 0.420 e. The minimum Gasteiger partial charge on any atom is -0.612 e. The summed E-state index contributed by atoms with van der Waals surface area (Å²) in [6.45, 7) is 1.05. The Morgan fingerprint density at radius 3 is 2.65 bits per heavy atom. The summed E-state index contributed by atoms with van der Waals surface area (Å²) in [5.74, 6) is 5.02. The van der Waals surface area contributed by atoms with E-state index >= 15 is 0 Å². The highest BCUT2D eigenvalue weighted by Crippen LogP contribution is 2.31. The van der Waals surface area contributed by atoms with Crippen molar-refractivity contribution in [3.05, 3.63) is 58.7 Å². The molecule has 0 bridgehead atoms. The summed E-state index contributed by atoms with van der Waals surface area (Å²) < 4.78 is 65.4. The molecule has 13 heteroatoms. The van der Waals surface area contributed by atoms with E-state index in [9.17, 15) is 27.6 Å². The number of nitrogens with zero attached hydrogens (tertiary/aromatic N) is 3. The van der Waals surface area contributed by atoms with E-state index in [2.05, 4.69) is 22.1 Å². The van der Waals surface area contributed by atoms with Gasteiger partial charge in [-0.15, -0.1) is 0 Å². The predicted molar refractivity (Wildman–Crippen MR) is 159 cm³/mol. The van der Waals surface area contributed by atoms with Gasteiger partial charge in [-0.05, 0) is 60.3 Å². The van der Waals surface area contributed by atoms with E-state index in [0.29, 0.717) is 27.9 Å². The molecule has 1 aliphatic rings. The number of hydrogen-bond donors (Lipinski definition) is 2. The lowest BCUT2D eigenvalue weighted by molar-refractivity contribution is -0.140. The molecule has 0 amide bonds. The Hall–Kier alpha value is -3.41. The number of aromatic nitrogens is 2. The van der Waals surface area contributed by atoms with Gasteiger partial charge in [0.15, 0.2) is 10.5 Å². The highest BCUT2D eigenvalue weighted by atomic mass is 32.2. The maximum atomic E-state index is 13.6. The molecule has 2 aromatic heterocycles. The second-order valence-electron chi connectivity index (χ2n) is 10.6. The van der Waals surface area contributed by atoms with Gasteiger partial charge < -0.3 is 33.6 Å². The van der Waals surface area contributed by atoms with E-state index in [0.717, 1.165) is 36.2 Å². The van der Waals surface area contributed by atoms with E-state index in [1.807, 2.05) is 6.07 Å². The molecule has 9 nitrogen and oxygen atoms in total. The number of hydrogen-bond acceptors (Lipinski definition) is 7. The molecular weight excluding hydrogens is 585 g/mol. The van der Waals surface area contributed by atoms with Crippen LogP contribution in [0.4, 0.5) is 18.9 Å². The van der Waals surface area contributed by atoms with Crippen molar-refractivity contribution < 1.29 is 32.0 Å². The Morgan fingerprint density at radius 2 is 1.95 bits per heavy atom. The molecule has 0 spiro atoms. The second kappa shape index (κ2) is 13.1. The minimum atomic E-state index is -4.47. The van der Waals surface area contributed by atoms with Crippen molar-refractivity contribution in [3.8, 4) is 11.8 Å². The minimum absolute atomic E-state index is 0.100. The summed E-state index contributed by atoms with van der Waals surface area (Å²) in [7, 11) is 1.55. The molecule has 2 atom stereocenters. The number of aliphatic hydroxyl groups excluding tert-OH is 1. The topological polar surface area (TPSA) is 108 Å². The Labute approximate surface area is 249 Å². The van der Waals surface area contributed by atoms with Crippen molar-refractivity contribution >= 4 is 38.9 Å². The van der Waals surface area contributed by atoms with Crippen LogP contribution in [0, 0.1) is 11.8 Å². The lowest BCUT2D eigenvalue weighted by Gasteiger charge is -2.34. The van der Waals surface area contributed by atoms with E-state index < -0.39 is 35.8 Å². The van der Waals surface area contributed by atoms with Crippen molar-refractivity contribution in [1.82, 2.24) is 14.0 Å². The fraction of sp³-hybridized carbons (Fsp3) is 0.433. The maximum Gasteiger partial charge on any atom is 0.420 e. The van der Waals surface area contributed by atoms with Gasteiger partial charge in [0.05, 0.1) is 36.0 Å². The van der Waals surface area contributed by atoms with Crippen LogP contribution < -0.4 is 11.1 Å². The van der Waals surface area contributed by atoms with Gasteiger partial charge in [-0.1, -0.05) is 12.0 Å². The Balaban J connectivity index is 1.38. The van der Waals surface area contributed by atoms with Gasteiger partial charge in [-0.2, -0.15) is 13.2 Å². The van der Waals surface area contributed by atoms with Gasteiger partial charge in [-0.25, -0.2) is 4.79 Å². The number of rotatable bonds is 9. The quantitative estimate of drug-likeness (QED) is 0.217. The number of anilines is 1. The number of aliphatic hydroxyl groups is 1. The van der Waals surface area contributed by atoms with Crippen LogP contribution in [0.3, 0.4) is 0 Å². The normalized spacial score (nSPS) is 16.3. The van der Waals surface area contributed by atoms with Gasteiger partial charge in [-0.3, -0.25) is 4.57 Å². The van der Waals surface area contributed by atoms with Gasteiger partial charge in [0, 0.05) is 49.9 Å². The lowest BCUT2D eigenvalue weighted by Crippen LogP contribution is -2.43. The number of halogens is 3. The molecule has 1 saturated heterocycles. The molecule has 0 saturated carbocycles. The molecule has 0 radical (unpaired) electrons. The standard InChI is InChI=1S/C30H33F3N4O5S/c1-41-18-22(38)17-35-13-10-20(11-14-35)34-25-6-3-7-26-24(25)15-21(37(26)19-30(31,32)33)5-4-12-36-27-9-8-23(43(2)40)16-28(27)42-29(36)39/h3,6-9,15-16,20,22,34,38H,10-14,17-19H2,1-2H3. The first-order valence-corrected chi connectivity index (χ1v) is 15.4. The third-order valence-corrected chi connectivity index (χ3v) is 8.40. The van der Waals surface area contributed by atoms with Gasteiger partial charge in [0.2, 0.25) is 0 Å². The van der Waals surface area contributed by atoms with E-state index in [-0.39, 0.29) is 30.5 Å². The van der Waals surface area contributed by atoms with Gasteiger partial charge >= 0.3 is 11.9 Å². The average Bonchev–Trinajstić information content (AvgIpc) is 3.45. The monoisotopic (exact) mass is 618 g/mol. The molecule has 2 aromatic carbocycles. The molecule has 4 aromatic rings. The zero-order valence-corrected chi connectivity index (χ0v) is 24.6. The number of likely N-dealkylation sites (tertiary alicyclic amines) is 1. The van der Waals surface area contributed by atoms with Crippen LogP contribution in [0.25, 0.3) is 22.0 Å². The van der Waals surface area contributed by atoms with Crippen molar-refractivity contribution in [3.63, 3.8) is 0 Å². The molecule has 2 unspecified atom stereocenters. The van der Waals surface area contributed by atoms with Crippen molar-refractivity contribution in [1.29, 1.82) is 0 Å². The molecular formula is C30H33F3N4O5S. The summed E-state index contributed by atoms with van der Waals surface area (Å²) in [4.78, 5) is 15.1. The molecule has 0 aliphatic carbocycles. The number of alkyl halides is 3.